The standard InChI is InChI=1S/C22H16Cl2N4O3/c1-12-6-8-13(9-7-12)16-10-11-17(27-26-16)25-21-19(22(29)30-2)20(28-31-21)18-14(23)4-3-5-15(18)24/h3-11H,1-2H3,(H,25,27). The maximum Gasteiger partial charge on any atom is 0.345 e. The van der Waals surface area contributed by atoms with E-state index >= 15 is 0 Å². The van der Waals surface area contributed by atoms with Crippen molar-refractivity contribution >= 4 is 40.9 Å². The monoisotopic (exact) mass is 454 g/mol. The Morgan fingerprint density at radius 3 is 2.32 bits per heavy atom. The predicted molar refractivity (Wildman–Crippen MR) is 119 cm³/mol. The summed E-state index contributed by atoms with van der Waals surface area (Å²) in [6.45, 7) is 2.02. The highest BCUT2D eigenvalue weighted by molar-refractivity contribution is 6.39. The highest BCUT2D eigenvalue weighted by atomic mass is 35.5. The molecule has 0 fully saturated rings. The predicted octanol–water partition coefficient (Wildman–Crippen LogP) is 5.94. The molecule has 2 aromatic heterocycles. The van der Waals surface area contributed by atoms with E-state index in [9.17, 15) is 4.79 Å². The number of anilines is 2. The van der Waals surface area contributed by atoms with Crippen LogP contribution in [-0.4, -0.2) is 28.4 Å². The average Bonchev–Trinajstić information content (AvgIpc) is 3.17. The molecule has 0 amide bonds. The van der Waals surface area contributed by atoms with E-state index < -0.39 is 5.97 Å². The minimum atomic E-state index is -0.668. The number of ether oxygens (including phenoxy) is 1. The molecule has 1 N–H and O–H groups in total. The summed E-state index contributed by atoms with van der Waals surface area (Å²) in [7, 11) is 1.26. The lowest BCUT2D eigenvalue weighted by molar-refractivity contribution is 0.0602. The summed E-state index contributed by atoms with van der Waals surface area (Å²) in [5.74, 6) is -0.275. The van der Waals surface area contributed by atoms with Crippen molar-refractivity contribution in [3.05, 3.63) is 75.8 Å². The Morgan fingerprint density at radius 2 is 1.71 bits per heavy atom. The summed E-state index contributed by atoms with van der Waals surface area (Å²) in [4.78, 5) is 12.5. The minimum Gasteiger partial charge on any atom is -0.465 e. The first-order chi connectivity index (χ1) is 15.0. The maximum absolute atomic E-state index is 12.5. The molecule has 0 aliphatic carbocycles. The van der Waals surface area contributed by atoms with Crippen LogP contribution >= 0.6 is 23.2 Å². The molecule has 4 aromatic rings. The van der Waals surface area contributed by atoms with Crippen LogP contribution < -0.4 is 5.32 Å². The molecular formula is C22H16Cl2N4O3. The normalized spacial score (nSPS) is 10.7. The van der Waals surface area contributed by atoms with Crippen LogP contribution in [0.15, 0.2) is 59.1 Å². The Kier molecular flexibility index (Phi) is 5.88. The van der Waals surface area contributed by atoms with Crippen molar-refractivity contribution in [3.8, 4) is 22.5 Å². The Bertz CT molecular complexity index is 1220. The smallest absolute Gasteiger partial charge is 0.345 e. The van der Waals surface area contributed by atoms with Gasteiger partial charge in [-0.2, -0.15) is 0 Å². The molecule has 0 spiro atoms. The number of benzene rings is 2. The molecule has 0 saturated heterocycles. The number of nitrogens with zero attached hydrogens (tertiary/aromatic N) is 3. The first kappa shape index (κ1) is 20.8. The lowest BCUT2D eigenvalue weighted by atomic mass is 10.1. The van der Waals surface area contributed by atoms with E-state index in [4.69, 9.17) is 32.5 Å². The van der Waals surface area contributed by atoms with E-state index in [-0.39, 0.29) is 17.1 Å². The number of halogens is 2. The number of aryl methyl sites for hydroxylation is 1. The van der Waals surface area contributed by atoms with Gasteiger partial charge in [0, 0.05) is 11.1 Å². The van der Waals surface area contributed by atoms with Crippen molar-refractivity contribution in [1.82, 2.24) is 15.4 Å². The number of hydrogen-bond acceptors (Lipinski definition) is 7. The minimum absolute atomic E-state index is 0.0372. The lowest BCUT2D eigenvalue weighted by Gasteiger charge is -2.07. The van der Waals surface area contributed by atoms with Crippen LogP contribution in [0.25, 0.3) is 22.5 Å². The number of carbonyl (C=O) groups is 1. The number of esters is 1. The number of aromatic nitrogens is 3. The van der Waals surface area contributed by atoms with Gasteiger partial charge in [0.2, 0.25) is 5.88 Å². The zero-order valence-electron chi connectivity index (χ0n) is 16.5. The van der Waals surface area contributed by atoms with Crippen LogP contribution in [0.3, 0.4) is 0 Å². The van der Waals surface area contributed by atoms with Crippen LogP contribution in [-0.2, 0) is 4.74 Å². The third-order valence-corrected chi connectivity index (χ3v) is 5.16. The highest BCUT2D eigenvalue weighted by Crippen LogP contribution is 2.39. The summed E-state index contributed by atoms with van der Waals surface area (Å²) < 4.78 is 10.3. The molecule has 4 rings (SSSR count). The largest absolute Gasteiger partial charge is 0.465 e. The Balaban J connectivity index is 1.68. The SMILES string of the molecule is COC(=O)c1c(-c2c(Cl)cccc2Cl)noc1Nc1ccc(-c2ccc(C)cc2)nn1. The van der Waals surface area contributed by atoms with E-state index in [1.54, 1.807) is 30.3 Å². The second-order valence-corrected chi connectivity index (χ2v) is 7.43. The van der Waals surface area contributed by atoms with Gasteiger partial charge in [-0.15, -0.1) is 10.2 Å². The van der Waals surface area contributed by atoms with Gasteiger partial charge < -0.3 is 14.6 Å². The topological polar surface area (TPSA) is 90.1 Å². The van der Waals surface area contributed by atoms with Crippen LogP contribution in [0.4, 0.5) is 11.7 Å². The molecule has 31 heavy (non-hydrogen) atoms. The van der Waals surface area contributed by atoms with Gasteiger partial charge in [-0.1, -0.05) is 64.3 Å². The second kappa shape index (κ2) is 8.75. The van der Waals surface area contributed by atoms with Gasteiger partial charge in [0.25, 0.3) is 0 Å². The van der Waals surface area contributed by atoms with E-state index in [1.807, 2.05) is 31.2 Å². The van der Waals surface area contributed by atoms with Gasteiger partial charge in [0.1, 0.15) is 5.69 Å². The van der Waals surface area contributed by atoms with E-state index in [1.165, 1.54) is 7.11 Å². The van der Waals surface area contributed by atoms with Gasteiger partial charge in [0.05, 0.1) is 22.8 Å². The Labute approximate surface area is 188 Å². The summed E-state index contributed by atoms with van der Waals surface area (Å²) in [6.07, 6.45) is 0. The molecule has 0 unspecified atom stereocenters. The number of hydrogen-bond donors (Lipinski definition) is 1. The third kappa shape index (κ3) is 4.23. The number of nitrogens with one attached hydrogen (secondary N) is 1. The van der Waals surface area contributed by atoms with Crippen LogP contribution in [0.5, 0.6) is 0 Å². The highest BCUT2D eigenvalue weighted by Gasteiger charge is 2.28. The van der Waals surface area contributed by atoms with Gasteiger partial charge in [0.15, 0.2) is 11.4 Å². The summed E-state index contributed by atoms with van der Waals surface area (Å²) >= 11 is 12.6. The molecule has 9 heteroatoms. The van der Waals surface area contributed by atoms with E-state index in [0.717, 1.165) is 11.1 Å². The molecule has 0 atom stereocenters. The average molecular weight is 455 g/mol. The van der Waals surface area contributed by atoms with Crippen LogP contribution in [0.1, 0.15) is 15.9 Å². The summed E-state index contributed by atoms with van der Waals surface area (Å²) in [5, 5.41) is 15.9. The van der Waals surface area contributed by atoms with Crippen LogP contribution in [0.2, 0.25) is 10.0 Å². The Morgan fingerprint density at radius 1 is 1.00 bits per heavy atom. The fraction of sp³-hybridized carbons (Fsp3) is 0.0909. The number of rotatable bonds is 5. The van der Waals surface area contributed by atoms with E-state index in [2.05, 4.69) is 20.7 Å². The molecule has 7 nitrogen and oxygen atoms in total. The molecule has 156 valence electrons. The number of carbonyl (C=O) groups excluding carboxylic acids is 1. The molecule has 0 radical (unpaired) electrons. The molecule has 0 aliphatic heterocycles. The summed E-state index contributed by atoms with van der Waals surface area (Å²) in [6, 6.07) is 16.4. The van der Waals surface area contributed by atoms with Crippen molar-refractivity contribution in [2.45, 2.75) is 6.92 Å². The zero-order valence-corrected chi connectivity index (χ0v) is 18.0. The van der Waals surface area contributed by atoms with Crippen molar-refractivity contribution in [3.63, 3.8) is 0 Å². The molecular weight excluding hydrogens is 439 g/mol. The maximum atomic E-state index is 12.5. The fourth-order valence-corrected chi connectivity index (χ4v) is 3.53. The van der Waals surface area contributed by atoms with Gasteiger partial charge >= 0.3 is 5.97 Å². The first-order valence-corrected chi connectivity index (χ1v) is 9.93. The van der Waals surface area contributed by atoms with Crippen LogP contribution in [0, 0.1) is 6.92 Å². The second-order valence-electron chi connectivity index (χ2n) is 6.62. The molecule has 0 aliphatic rings. The quantitative estimate of drug-likeness (QED) is 0.372. The van der Waals surface area contributed by atoms with Gasteiger partial charge in [-0.3, -0.25) is 0 Å². The third-order valence-electron chi connectivity index (χ3n) is 4.53. The zero-order chi connectivity index (χ0) is 22.0. The molecule has 0 saturated carbocycles. The van der Waals surface area contributed by atoms with Crippen molar-refractivity contribution in [2.75, 3.05) is 12.4 Å². The molecule has 2 aromatic carbocycles. The summed E-state index contributed by atoms with van der Waals surface area (Å²) in [5.41, 5.74) is 3.38. The van der Waals surface area contributed by atoms with Crippen molar-refractivity contribution in [2.24, 2.45) is 0 Å². The van der Waals surface area contributed by atoms with E-state index in [0.29, 0.717) is 27.1 Å². The number of methoxy groups -OCH3 is 1. The molecule has 2 heterocycles. The Hall–Kier alpha value is -3.42. The first-order valence-electron chi connectivity index (χ1n) is 9.18. The fourth-order valence-electron chi connectivity index (χ4n) is 2.96. The van der Waals surface area contributed by atoms with Gasteiger partial charge in [-0.05, 0) is 31.2 Å². The van der Waals surface area contributed by atoms with Gasteiger partial charge in [-0.25, -0.2) is 4.79 Å². The van der Waals surface area contributed by atoms with Crippen molar-refractivity contribution in [1.29, 1.82) is 0 Å². The lowest BCUT2D eigenvalue weighted by Crippen LogP contribution is -2.06. The molecule has 0 bridgehead atoms. The van der Waals surface area contributed by atoms with Crippen molar-refractivity contribution < 1.29 is 14.1 Å².